The number of rotatable bonds is 4. The molecule has 4 bridgehead atoms. The Bertz CT molecular complexity index is 801. The van der Waals surface area contributed by atoms with Crippen LogP contribution in [-0.4, -0.2) is 31.1 Å². The molecule has 136 valence electrons. The van der Waals surface area contributed by atoms with Gasteiger partial charge in [-0.05, 0) is 67.9 Å². The van der Waals surface area contributed by atoms with Crippen LogP contribution in [0, 0.1) is 17.3 Å². The molecular formula is C20H24N4O2. The molecule has 1 amide bonds. The first-order chi connectivity index (χ1) is 12.5. The Labute approximate surface area is 152 Å². The van der Waals surface area contributed by atoms with Crippen LogP contribution in [0.3, 0.4) is 0 Å². The van der Waals surface area contributed by atoms with Crippen LogP contribution in [0.4, 0.5) is 5.69 Å². The van der Waals surface area contributed by atoms with Gasteiger partial charge in [-0.15, -0.1) is 0 Å². The third-order valence-corrected chi connectivity index (χ3v) is 6.49. The standard InChI is InChI=1S/C20H24N4O2/c25-18(23-16-1-2-17(22-11-16)24-4-3-21-13-24)10-19-6-14-5-15(7-19)9-20(26,8-14)12-19/h1-4,11,13-15,26H,5-10,12H2,(H,23,25)/t14-,15-,19?,20?/m1/s1. The Morgan fingerprint density at radius 2 is 2.08 bits per heavy atom. The number of imidazole rings is 1. The summed E-state index contributed by atoms with van der Waals surface area (Å²) < 4.78 is 1.82. The van der Waals surface area contributed by atoms with E-state index in [1.54, 1.807) is 18.7 Å². The third kappa shape index (κ3) is 2.82. The number of nitrogens with zero attached hydrogens (tertiary/aromatic N) is 3. The van der Waals surface area contributed by atoms with Gasteiger partial charge in [-0.3, -0.25) is 9.36 Å². The van der Waals surface area contributed by atoms with Gasteiger partial charge in [0.05, 0.1) is 17.5 Å². The van der Waals surface area contributed by atoms with Crippen LogP contribution in [0.1, 0.15) is 44.9 Å². The fourth-order valence-corrected chi connectivity index (χ4v) is 6.16. The minimum Gasteiger partial charge on any atom is -0.390 e. The van der Waals surface area contributed by atoms with Gasteiger partial charge in [0.15, 0.2) is 0 Å². The summed E-state index contributed by atoms with van der Waals surface area (Å²) in [5.74, 6) is 2.01. The number of hydrogen-bond acceptors (Lipinski definition) is 4. The predicted octanol–water partition coefficient (Wildman–Crippen LogP) is 2.93. The van der Waals surface area contributed by atoms with Crippen LogP contribution in [0.2, 0.25) is 0 Å². The quantitative estimate of drug-likeness (QED) is 0.887. The Morgan fingerprint density at radius 3 is 2.69 bits per heavy atom. The summed E-state index contributed by atoms with van der Waals surface area (Å²) in [6.45, 7) is 0. The van der Waals surface area contributed by atoms with Crippen molar-refractivity contribution in [3.8, 4) is 5.82 Å². The molecule has 4 aliphatic carbocycles. The van der Waals surface area contributed by atoms with E-state index in [0.717, 1.165) is 37.9 Å². The maximum Gasteiger partial charge on any atom is 0.224 e. The Morgan fingerprint density at radius 1 is 1.27 bits per heavy atom. The highest BCUT2D eigenvalue weighted by Crippen LogP contribution is 2.62. The fraction of sp³-hybridized carbons (Fsp3) is 0.550. The van der Waals surface area contributed by atoms with Crippen molar-refractivity contribution in [1.29, 1.82) is 0 Å². The number of aromatic nitrogens is 3. The summed E-state index contributed by atoms with van der Waals surface area (Å²) >= 11 is 0. The molecule has 0 saturated heterocycles. The molecule has 2 N–H and O–H groups in total. The van der Waals surface area contributed by atoms with Crippen LogP contribution < -0.4 is 5.32 Å². The van der Waals surface area contributed by atoms with Crippen LogP contribution >= 0.6 is 0 Å². The average molecular weight is 352 g/mol. The molecule has 2 atom stereocenters. The second-order valence-corrected chi connectivity index (χ2v) is 8.79. The molecule has 0 unspecified atom stereocenters. The smallest absolute Gasteiger partial charge is 0.224 e. The van der Waals surface area contributed by atoms with Gasteiger partial charge >= 0.3 is 0 Å². The van der Waals surface area contributed by atoms with Gasteiger partial charge in [0.2, 0.25) is 5.91 Å². The van der Waals surface area contributed by atoms with Crippen molar-refractivity contribution < 1.29 is 9.90 Å². The predicted molar refractivity (Wildman–Crippen MR) is 96.7 cm³/mol. The summed E-state index contributed by atoms with van der Waals surface area (Å²) in [6, 6.07) is 3.73. The molecule has 6 rings (SSSR count). The first kappa shape index (κ1) is 16.0. The van der Waals surface area contributed by atoms with E-state index in [4.69, 9.17) is 0 Å². The zero-order valence-electron chi connectivity index (χ0n) is 14.8. The molecule has 6 heteroatoms. The minimum atomic E-state index is -0.516. The first-order valence-corrected chi connectivity index (χ1v) is 9.48. The highest BCUT2D eigenvalue weighted by Gasteiger charge is 2.57. The number of nitrogens with one attached hydrogen (secondary N) is 1. The maximum atomic E-state index is 12.7. The van der Waals surface area contributed by atoms with E-state index in [1.165, 1.54) is 6.42 Å². The molecule has 26 heavy (non-hydrogen) atoms. The van der Waals surface area contributed by atoms with E-state index in [0.29, 0.717) is 23.9 Å². The average Bonchev–Trinajstić information content (AvgIpc) is 3.07. The molecule has 0 radical (unpaired) electrons. The van der Waals surface area contributed by atoms with Crippen molar-refractivity contribution in [3.63, 3.8) is 0 Å². The number of aliphatic hydroxyl groups is 1. The van der Waals surface area contributed by atoms with Crippen molar-refractivity contribution in [2.24, 2.45) is 17.3 Å². The molecule has 2 heterocycles. The third-order valence-electron chi connectivity index (χ3n) is 6.49. The highest BCUT2D eigenvalue weighted by molar-refractivity contribution is 5.91. The summed E-state index contributed by atoms with van der Waals surface area (Å²) in [5.41, 5.74) is 0.188. The lowest BCUT2D eigenvalue weighted by Gasteiger charge is -2.60. The second-order valence-electron chi connectivity index (χ2n) is 8.79. The first-order valence-electron chi connectivity index (χ1n) is 9.48. The van der Waals surface area contributed by atoms with E-state index in [2.05, 4.69) is 15.3 Å². The van der Waals surface area contributed by atoms with E-state index in [-0.39, 0.29) is 11.3 Å². The van der Waals surface area contributed by atoms with Crippen molar-refractivity contribution in [3.05, 3.63) is 37.1 Å². The zero-order chi connectivity index (χ0) is 17.8. The Balaban J connectivity index is 1.26. The molecule has 6 nitrogen and oxygen atoms in total. The molecule has 4 saturated carbocycles. The van der Waals surface area contributed by atoms with Gasteiger partial charge in [-0.1, -0.05) is 0 Å². The molecule has 0 aliphatic heterocycles. The molecular weight excluding hydrogens is 328 g/mol. The van der Waals surface area contributed by atoms with Gasteiger partial charge < -0.3 is 10.4 Å². The molecule has 2 aromatic heterocycles. The van der Waals surface area contributed by atoms with E-state index in [9.17, 15) is 9.90 Å². The molecule has 2 aromatic rings. The van der Waals surface area contributed by atoms with Crippen molar-refractivity contribution in [1.82, 2.24) is 14.5 Å². The second kappa shape index (κ2) is 5.64. The van der Waals surface area contributed by atoms with Crippen LogP contribution in [-0.2, 0) is 4.79 Å². The van der Waals surface area contributed by atoms with Gasteiger partial charge in [-0.2, -0.15) is 0 Å². The number of carbonyl (C=O) groups is 1. The lowest BCUT2D eigenvalue weighted by Crippen LogP contribution is -2.56. The minimum absolute atomic E-state index is 0.00685. The molecule has 4 fully saturated rings. The Kier molecular flexibility index (Phi) is 3.47. The van der Waals surface area contributed by atoms with Crippen LogP contribution in [0.25, 0.3) is 5.82 Å². The van der Waals surface area contributed by atoms with Gasteiger partial charge in [-0.25, -0.2) is 9.97 Å². The monoisotopic (exact) mass is 352 g/mol. The van der Waals surface area contributed by atoms with E-state index >= 15 is 0 Å². The fourth-order valence-electron chi connectivity index (χ4n) is 6.16. The number of carbonyl (C=O) groups excluding carboxylic acids is 1. The van der Waals surface area contributed by atoms with Gasteiger partial charge in [0.25, 0.3) is 0 Å². The van der Waals surface area contributed by atoms with Crippen molar-refractivity contribution in [2.45, 2.75) is 50.5 Å². The Hall–Kier alpha value is -2.21. The van der Waals surface area contributed by atoms with E-state index < -0.39 is 5.60 Å². The van der Waals surface area contributed by atoms with Gasteiger partial charge in [0.1, 0.15) is 12.1 Å². The van der Waals surface area contributed by atoms with E-state index in [1.807, 2.05) is 22.9 Å². The van der Waals surface area contributed by atoms with Crippen LogP contribution in [0.5, 0.6) is 0 Å². The lowest BCUT2D eigenvalue weighted by atomic mass is 9.47. The number of hydrogen-bond donors (Lipinski definition) is 2. The van der Waals surface area contributed by atoms with Gasteiger partial charge in [0, 0.05) is 18.8 Å². The normalized spacial score (nSPS) is 34.8. The number of anilines is 1. The zero-order valence-corrected chi connectivity index (χ0v) is 14.8. The SMILES string of the molecule is O=C(CC12C[C@H]3C[C@@H](CC(O)(C3)C1)C2)Nc1ccc(-n2ccnc2)nc1. The summed E-state index contributed by atoms with van der Waals surface area (Å²) in [5, 5.41) is 13.8. The largest absolute Gasteiger partial charge is 0.390 e. The molecule has 0 spiro atoms. The number of pyridine rings is 1. The maximum absolute atomic E-state index is 12.7. The highest BCUT2D eigenvalue weighted by atomic mass is 16.3. The topological polar surface area (TPSA) is 80.0 Å². The summed E-state index contributed by atoms with van der Waals surface area (Å²) in [4.78, 5) is 21.1. The summed E-state index contributed by atoms with van der Waals surface area (Å²) in [6.07, 6.45) is 13.5. The summed E-state index contributed by atoms with van der Waals surface area (Å²) in [7, 11) is 0. The van der Waals surface area contributed by atoms with Crippen LogP contribution in [0.15, 0.2) is 37.1 Å². The van der Waals surface area contributed by atoms with Crippen molar-refractivity contribution in [2.75, 3.05) is 5.32 Å². The number of amides is 1. The van der Waals surface area contributed by atoms with Crippen molar-refractivity contribution >= 4 is 11.6 Å². The molecule has 4 aliphatic rings. The molecule has 0 aromatic carbocycles. The lowest BCUT2D eigenvalue weighted by molar-refractivity contribution is -0.167.